The molecule has 9 nitrogen and oxygen atoms in total. The number of halogens is 1. The number of aromatic nitrogens is 5. The molecule has 1 fully saturated rings. The van der Waals surface area contributed by atoms with Crippen molar-refractivity contribution in [2.24, 2.45) is 5.92 Å². The van der Waals surface area contributed by atoms with E-state index in [-0.39, 0.29) is 5.75 Å². The number of rotatable bonds is 8. The summed E-state index contributed by atoms with van der Waals surface area (Å²) in [6.45, 7) is 8.27. The van der Waals surface area contributed by atoms with Crippen LogP contribution in [0.5, 0.6) is 17.2 Å². The van der Waals surface area contributed by atoms with E-state index in [1.54, 1.807) is 18.3 Å². The van der Waals surface area contributed by atoms with Gasteiger partial charge in [0.25, 0.3) is 5.79 Å². The van der Waals surface area contributed by atoms with Crippen LogP contribution in [-0.4, -0.2) is 47.2 Å². The summed E-state index contributed by atoms with van der Waals surface area (Å²) in [5.74, 6) is 2.38. The Hall–Kier alpha value is -4.08. The molecule has 5 heterocycles. The van der Waals surface area contributed by atoms with Crippen LogP contribution in [0, 0.1) is 5.92 Å². The number of ether oxygens (including phenoxy) is 2. The Morgan fingerprint density at radius 1 is 1.05 bits per heavy atom. The largest absolute Gasteiger partial charge is 0.508 e. The summed E-state index contributed by atoms with van der Waals surface area (Å²) in [4.78, 5) is 16.3. The molecule has 1 saturated heterocycles. The summed E-state index contributed by atoms with van der Waals surface area (Å²) in [6.07, 6.45) is 8.51. The smallest absolute Gasteiger partial charge is 0.292 e. The molecule has 3 aromatic heterocycles. The quantitative estimate of drug-likeness (QED) is 0.229. The Bertz CT molecular complexity index is 1760. The van der Waals surface area contributed by atoms with E-state index < -0.39 is 5.79 Å². The number of hydrogen-bond donors (Lipinski definition) is 1. The van der Waals surface area contributed by atoms with Crippen LogP contribution in [0.15, 0.2) is 67.3 Å². The molecule has 1 unspecified atom stereocenters. The molecule has 43 heavy (non-hydrogen) atoms. The molecule has 2 aliphatic rings. The zero-order valence-electron chi connectivity index (χ0n) is 24.4. The van der Waals surface area contributed by atoms with Crippen LogP contribution in [0.4, 0.5) is 0 Å². The zero-order chi connectivity index (χ0) is 29.6. The second kappa shape index (κ2) is 11.2. The third-order valence-corrected chi connectivity index (χ3v) is 8.93. The normalized spacial score (nSPS) is 19.0. The average Bonchev–Trinajstić information content (AvgIpc) is 3.70. The van der Waals surface area contributed by atoms with Crippen molar-refractivity contribution < 1.29 is 14.6 Å². The highest BCUT2D eigenvalue weighted by atomic mass is 35.5. The number of hydrogen-bond acceptors (Lipinski definition) is 7. The fraction of sp³-hybridized carbons (Fsp3) is 0.364. The second-order valence-electron chi connectivity index (χ2n) is 11.6. The highest BCUT2D eigenvalue weighted by Crippen LogP contribution is 2.46. The molecular weight excluding hydrogens is 564 g/mol. The minimum Gasteiger partial charge on any atom is -0.508 e. The monoisotopic (exact) mass is 598 g/mol. The van der Waals surface area contributed by atoms with E-state index in [0.717, 1.165) is 79.5 Å². The average molecular weight is 599 g/mol. The van der Waals surface area contributed by atoms with Gasteiger partial charge in [0.05, 0.1) is 41.2 Å². The van der Waals surface area contributed by atoms with Crippen LogP contribution in [-0.2, 0) is 31.8 Å². The van der Waals surface area contributed by atoms with E-state index >= 15 is 0 Å². The number of nitrogens with zero attached hydrogens (tertiary/aromatic N) is 6. The fourth-order valence-corrected chi connectivity index (χ4v) is 6.45. The van der Waals surface area contributed by atoms with Gasteiger partial charge in [-0.15, -0.1) is 0 Å². The maximum atomic E-state index is 10.2. The summed E-state index contributed by atoms with van der Waals surface area (Å²) < 4.78 is 17.1. The Labute approximate surface area is 255 Å². The lowest BCUT2D eigenvalue weighted by Crippen LogP contribution is -2.35. The molecule has 5 aromatic rings. The van der Waals surface area contributed by atoms with Gasteiger partial charge in [-0.2, -0.15) is 0 Å². The molecule has 0 radical (unpaired) electrons. The van der Waals surface area contributed by atoms with E-state index in [1.807, 2.05) is 49.8 Å². The molecule has 0 amide bonds. The van der Waals surface area contributed by atoms with Crippen molar-refractivity contribution in [2.75, 3.05) is 13.1 Å². The number of benzene rings is 2. The van der Waals surface area contributed by atoms with Crippen LogP contribution < -0.4 is 9.47 Å². The van der Waals surface area contributed by atoms with Crippen molar-refractivity contribution in [1.29, 1.82) is 0 Å². The van der Waals surface area contributed by atoms with Crippen molar-refractivity contribution in [2.45, 2.75) is 58.5 Å². The predicted molar refractivity (Wildman–Crippen MR) is 164 cm³/mol. The van der Waals surface area contributed by atoms with E-state index in [2.05, 4.69) is 37.0 Å². The van der Waals surface area contributed by atoms with E-state index in [4.69, 9.17) is 26.1 Å². The number of imidazole rings is 2. The number of fused-ring (bicyclic) bond motifs is 2. The maximum absolute atomic E-state index is 10.2. The van der Waals surface area contributed by atoms with Gasteiger partial charge in [-0.25, -0.2) is 9.97 Å². The number of phenolic OH excluding ortho intramolecular Hbond substituents is 1. The molecular formula is C33H35ClN6O3. The summed E-state index contributed by atoms with van der Waals surface area (Å²) in [5.41, 5.74) is 4.81. The SMILES string of the molecule is CCn1cncc1Cn1c(CN2CCC(Cc3cccc4c3OC(C)(c3ccc(Cl)cn3)O4)CC2)nc2ccc(O)cc21. The number of likely N-dealkylation sites (tertiary alicyclic amines) is 1. The van der Waals surface area contributed by atoms with Crippen LogP contribution >= 0.6 is 11.6 Å². The zero-order valence-corrected chi connectivity index (χ0v) is 25.2. The number of phenols is 1. The second-order valence-corrected chi connectivity index (χ2v) is 12.1. The van der Waals surface area contributed by atoms with Gasteiger partial charge in [-0.3, -0.25) is 9.88 Å². The van der Waals surface area contributed by atoms with Gasteiger partial charge in [0.1, 0.15) is 17.3 Å². The fourth-order valence-electron chi connectivity index (χ4n) is 6.34. The first-order valence-corrected chi connectivity index (χ1v) is 15.3. The van der Waals surface area contributed by atoms with Crippen LogP contribution in [0.2, 0.25) is 5.02 Å². The lowest BCUT2D eigenvalue weighted by atomic mass is 9.89. The first kappa shape index (κ1) is 27.7. The molecule has 1 atom stereocenters. The minimum atomic E-state index is -0.983. The van der Waals surface area contributed by atoms with Gasteiger partial charge in [0.2, 0.25) is 0 Å². The van der Waals surface area contributed by atoms with Crippen LogP contribution in [0.3, 0.4) is 0 Å². The molecule has 222 valence electrons. The molecule has 7 rings (SSSR count). The Balaban J connectivity index is 1.04. The topological polar surface area (TPSA) is 90.5 Å². The third-order valence-electron chi connectivity index (χ3n) is 8.71. The number of piperidine rings is 1. The first-order valence-electron chi connectivity index (χ1n) is 14.9. The van der Waals surface area contributed by atoms with Gasteiger partial charge in [-0.05, 0) is 81.1 Å². The number of pyridine rings is 1. The first-order chi connectivity index (χ1) is 20.9. The Morgan fingerprint density at radius 2 is 1.91 bits per heavy atom. The molecule has 1 N–H and O–H groups in total. The lowest BCUT2D eigenvalue weighted by Gasteiger charge is -2.32. The van der Waals surface area contributed by atoms with Crippen molar-refractivity contribution in [3.8, 4) is 17.2 Å². The van der Waals surface area contributed by atoms with Gasteiger partial charge in [0.15, 0.2) is 11.5 Å². The highest BCUT2D eigenvalue weighted by Gasteiger charge is 2.41. The summed E-state index contributed by atoms with van der Waals surface area (Å²) in [7, 11) is 0. The predicted octanol–water partition coefficient (Wildman–Crippen LogP) is 6.15. The van der Waals surface area contributed by atoms with E-state index in [9.17, 15) is 5.11 Å². The molecule has 2 aromatic carbocycles. The number of aryl methyl sites for hydroxylation is 1. The molecule has 0 aliphatic carbocycles. The third kappa shape index (κ3) is 5.43. The number of aromatic hydroxyl groups is 1. The minimum absolute atomic E-state index is 0.247. The molecule has 2 aliphatic heterocycles. The van der Waals surface area contributed by atoms with Crippen LogP contribution in [0.1, 0.15) is 49.5 Å². The molecule has 0 bridgehead atoms. The maximum Gasteiger partial charge on any atom is 0.292 e. The van der Waals surface area contributed by atoms with Gasteiger partial charge < -0.3 is 23.7 Å². The molecule has 10 heteroatoms. The lowest BCUT2D eigenvalue weighted by molar-refractivity contribution is -0.0721. The van der Waals surface area contributed by atoms with Gasteiger partial charge in [0, 0.05) is 31.9 Å². The van der Waals surface area contributed by atoms with Crippen molar-refractivity contribution in [3.63, 3.8) is 0 Å². The van der Waals surface area contributed by atoms with Crippen molar-refractivity contribution in [3.05, 3.63) is 95.1 Å². The van der Waals surface area contributed by atoms with E-state index in [1.165, 1.54) is 5.56 Å². The summed E-state index contributed by atoms with van der Waals surface area (Å²) >= 11 is 6.05. The van der Waals surface area contributed by atoms with Gasteiger partial charge >= 0.3 is 0 Å². The Kier molecular flexibility index (Phi) is 7.23. The van der Waals surface area contributed by atoms with Crippen molar-refractivity contribution >= 4 is 22.6 Å². The molecule has 0 saturated carbocycles. The number of para-hydroxylation sites is 1. The highest BCUT2D eigenvalue weighted by molar-refractivity contribution is 6.30. The van der Waals surface area contributed by atoms with E-state index in [0.29, 0.717) is 23.2 Å². The standard InChI is InChI=1S/C33H35ClN6O3/c1-3-39-21-35-18-25(39)19-40-28-16-26(41)8-9-27(28)37-31(40)20-38-13-11-22(12-14-38)15-23-5-4-6-29-32(23)43-33(2,42-29)30-10-7-24(34)17-36-30/h4-10,16-18,21-22,41H,3,11-15,19-20H2,1-2H3. The van der Waals surface area contributed by atoms with Crippen molar-refractivity contribution in [1.82, 2.24) is 29.0 Å². The van der Waals surface area contributed by atoms with Crippen LogP contribution in [0.25, 0.3) is 11.0 Å². The van der Waals surface area contributed by atoms with Gasteiger partial charge in [-0.1, -0.05) is 23.7 Å². The summed E-state index contributed by atoms with van der Waals surface area (Å²) in [6, 6.07) is 15.2. The molecule has 0 spiro atoms. The summed E-state index contributed by atoms with van der Waals surface area (Å²) in [5, 5.41) is 10.8. The Morgan fingerprint density at radius 3 is 2.70 bits per heavy atom.